The molecule has 1 aliphatic heterocycles. The monoisotopic (exact) mass is 273 g/mol. The summed E-state index contributed by atoms with van der Waals surface area (Å²) in [5, 5.41) is 2.51. The number of hydrogen-bond acceptors (Lipinski definition) is 3. The molecular weight excluding hydrogens is 242 g/mol. The van der Waals surface area contributed by atoms with Crippen LogP contribution < -0.4 is 5.32 Å². The highest BCUT2D eigenvalue weighted by Gasteiger charge is 2.18. The van der Waals surface area contributed by atoms with E-state index in [-0.39, 0.29) is 11.8 Å². The lowest BCUT2D eigenvalue weighted by Gasteiger charge is -2.32. The largest absolute Gasteiger partial charge is 0.359 e. The first-order chi connectivity index (χ1) is 9.13. The number of carbonyl (C=O) groups is 2. The lowest BCUT2D eigenvalue weighted by molar-refractivity contribution is -0.134. The molecule has 2 amide bonds. The molecule has 1 fully saturated rings. The Morgan fingerprint density at radius 3 is 1.84 bits per heavy atom. The zero-order valence-electron chi connectivity index (χ0n) is 13.5. The Kier molecular flexibility index (Phi) is 14.2. The predicted molar refractivity (Wildman–Crippen MR) is 80.1 cm³/mol. The predicted octanol–water partition coefficient (Wildman–Crippen LogP) is 1.34. The van der Waals surface area contributed by atoms with Crippen molar-refractivity contribution in [2.75, 3.05) is 40.3 Å². The highest BCUT2D eigenvalue weighted by Crippen LogP contribution is 2.03. The zero-order chi connectivity index (χ0) is 15.3. The van der Waals surface area contributed by atoms with Crippen molar-refractivity contribution >= 4 is 11.8 Å². The molecule has 0 aromatic carbocycles. The third-order valence-corrected chi connectivity index (χ3v) is 2.70. The van der Waals surface area contributed by atoms with Crippen molar-refractivity contribution in [3.05, 3.63) is 0 Å². The van der Waals surface area contributed by atoms with Gasteiger partial charge in [-0.25, -0.2) is 0 Å². The fraction of sp³-hybridized carbons (Fsp3) is 0.857. The lowest BCUT2D eigenvalue weighted by Crippen LogP contribution is -2.47. The molecule has 1 rings (SSSR count). The maximum absolute atomic E-state index is 11.7. The molecule has 19 heavy (non-hydrogen) atoms. The smallest absolute Gasteiger partial charge is 0.223 e. The first-order valence-electron chi connectivity index (χ1n) is 7.30. The Labute approximate surface area is 118 Å². The van der Waals surface area contributed by atoms with Crippen LogP contribution in [0.15, 0.2) is 0 Å². The van der Waals surface area contributed by atoms with Crippen LogP contribution >= 0.6 is 0 Å². The molecule has 0 bridgehead atoms. The summed E-state index contributed by atoms with van der Waals surface area (Å²) in [4.78, 5) is 26.6. The molecule has 1 N–H and O–H groups in total. The fourth-order valence-electron chi connectivity index (χ4n) is 1.56. The van der Waals surface area contributed by atoms with Crippen molar-refractivity contribution in [2.45, 2.75) is 40.5 Å². The molecular formula is C14H31N3O2. The Morgan fingerprint density at radius 1 is 0.947 bits per heavy atom. The molecule has 1 saturated heterocycles. The molecule has 0 aliphatic carbocycles. The quantitative estimate of drug-likeness (QED) is 0.844. The first kappa shape index (κ1) is 20.2. The fourth-order valence-corrected chi connectivity index (χ4v) is 1.56. The molecule has 5 nitrogen and oxygen atoms in total. The summed E-state index contributed by atoms with van der Waals surface area (Å²) in [5.74, 6) is 0.0178. The van der Waals surface area contributed by atoms with Crippen LogP contribution in [0.4, 0.5) is 0 Å². The van der Waals surface area contributed by atoms with Crippen molar-refractivity contribution in [1.82, 2.24) is 15.1 Å². The van der Waals surface area contributed by atoms with E-state index in [0.717, 1.165) is 26.2 Å². The molecule has 114 valence electrons. The second kappa shape index (κ2) is 13.3. The molecule has 0 radical (unpaired) electrons. The number of likely N-dealkylation sites (N-methyl/N-ethyl adjacent to an activating group) is 1. The lowest BCUT2D eigenvalue weighted by atomic mass is 10.2. The zero-order valence-corrected chi connectivity index (χ0v) is 13.5. The number of nitrogens with one attached hydrogen (secondary N) is 1. The molecule has 1 heterocycles. The summed E-state index contributed by atoms with van der Waals surface area (Å²) < 4.78 is 0. The highest BCUT2D eigenvalue weighted by atomic mass is 16.2. The second-order valence-corrected chi connectivity index (χ2v) is 3.86. The van der Waals surface area contributed by atoms with Gasteiger partial charge in [0, 0.05) is 46.1 Å². The number of nitrogens with zero attached hydrogens (tertiary/aromatic N) is 2. The minimum Gasteiger partial charge on any atom is -0.359 e. The van der Waals surface area contributed by atoms with E-state index in [9.17, 15) is 9.59 Å². The minimum atomic E-state index is -0.0718. The van der Waals surface area contributed by atoms with Crippen LogP contribution in [0.25, 0.3) is 0 Å². The third kappa shape index (κ3) is 9.47. The van der Waals surface area contributed by atoms with E-state index in [0.29, 0.717) is 12.8 Å². The van der Waals surface area contributed by atoms with Crippen LogP contribution in [0.5, 0.6) is 0 Å². The number of hydrogen-bond donors (Lipinski definition) is 1. The van der Waals surface area contributed by atoms with E-state index >= 15 is 0 Å². The Balaban J connectivity index is 0. The summed E-state index contributed by atoms with van der Waals surface area (Å²) >= 11 is 0. The summed E-state index contributed by atoms with van der Waals surface area (Å²) in [7, 11) is 3.63. The minimum absolute atomic E-state index is 0.0718. The Bertz CT molecular complexity index is 237. The van der Waals surface area contributed by atoms with Crippen molar-refractivity contribution in [1.29, 1.82) is 0 Å². The summed E-state index contributed by atoms with van der Waals surface area (Å²) in [6.07, 6.45) is 0.616. The van der Waals surface area contributed by atoms with Crippen LogP contribution in [-0.2, 0) is 9.59 Å². The van der Waals surface area contributed by atoms with Crippen LogP contribution in [-0.4, -0.2) is 61.9 Å². The Hall–Kier alpha value is -1.10. The van der Waals surface area contributed by atoms with Crippen molar-refractivity contribution < 1.29 is 9.59 Å². The summed E-state index contributed by atoms with van der Waals surface area (Å²) in [5.41, 5.74) is 0. The van der Waals surface area contributed by atoms with Gasteiger partial charge in [-0.05, 0) is 7.05 Å². The average Bonchev–Trinajstić information content (AvgIpc) is 2.49. The number of carbonyl (C=O) groups excluding carboxylic acids is 2. The molecule has 0 spiro atoms. The van der Waals surface area contributed by atoms with E-state index in [1.165, 1.54) is 0 Å². The van der Waals surface area contributed by atoms with E-state index in [4.69, 9.17) is 0 Å². The number of piperazine rings is 1. The van der Waals surface area contributed by atoms with Crippen LogP contribution in [0.3, 0.4) is 0 Å². The van der Waals surface area contributed by atoms with E-state index in [1.807, 2.05) is 39.6 Å². The van der Waals surface area contributed by atoms with E-state index in [2.05, 4.69) is 10.2 Å². The van der Waals surface area contributed by atoms with Gasteiger partial charge in [-0.1, -0.05) is 27.7 Å². The van der Waals surface area contributed by atoms with Crippen molar-refractivity contribution in [3.8, 4) is 0 Å². The normalized spacial score (nSPS) is 14.5. The van der Waals surface area contributed by atoms with Gasteiger partial charge in [0.05, 0.1) is 0 Å². The topological polar surface area (TPSA) is 52.7 Å². The van der Waals surface area contributed by atoms with Crippen LogP contribution in [0.2, 0.25) is 0 Å². The second-order valence-electron chi connectivity index (χ2n) is 3.86. The van der Waals surface area contributed by atoms with Crippen LogP contribution in [0, 0.1) is 0 Å². The molecule has 0 unspecified atom stereocenters. The van der Waals surface area contributed by atoms with Gasteiger partial charge in [0.2, 0.25) is 11.8 Å². The van der Waals surface area contributed by atoms with Gasteiger partial charge in [-0.2, -0.15) is 0 Å². The SMILES string of the molecule is CC.CC.CNC(=O)CCC(=O)N1CCN(C)CC1. The standard InChI is InChI=1S/C10H19N3O2.2C2H6/c1-11-9(14)3-4-10(15)13-7-5-12(2)6-8-13;2*1-2/h3-8H2,1-2H3,(H,11,14);2*1-2H3. The van der Waals surface area contributed by atoms with Gasteiger partial charge in [-0.15, -0.1) is 0 Å². The maximum Gasteiger partial charge on any atom is 0.223 e. The van der Waals surface area contributed by atoms with Crippen molar-refractivity contribution in [2.24, 2.45) is 0 Å². The maximum atomic E-state index is 11.7. The molecule has 1 aliphatic rings. The summed E-state index contributed by atoms with van der Waals surface area (Å²) in [6, 6.07) is 0. The molecule has 5 heteroatoms. The third-order valence-electron chi connectivity index (χ3n) is 2.70. The van der Waals surface area contributed by atoms with Gasteiger partial charge >= 0.3 is 0 Å². The van der Waals surface area contributed by atoms with Crippen molar-refractivity contribution in [3.63, 3.8) is 0 Å². The van der Waals surface area contributed by atoms with E-state index < -0.39 is 0 Å². The van der Waals surface area contributed by atoms with Crippen LogP contribution in [0.1, 0.15) is 40.5 Å². The summed E-state index contributed by atoms with van der Waals surface area (Å²) in [6.45, 7) is 11.4. The highest BCUT2D eigenvalue weighted by molar-refractivity contribution is 5.83. The average molecular weight is 273 g/mol. The van der Waals surface area contributed by atoms with Gasteiger partial charge in [0.1, 0.15) is 0 Å². The molecule has 0 atom stereocenters. The Morgan fingerprint density at radius 2 is 1.42 bits per heavy atom. The molecule has 0 saturated carbocycles. The first-order valence-corrected chi connectivity index (χ1v) is 7.30. The molecule has 0 aromatic rings. The van der Waals surface area contributed by atoms with Gasteiger partial charge < -0.3 is 15.1 Å². The van der Waals surface area contributed by atoms with Gasteiger partial charge in [0.15, 0.2) is 0 Å². The van der Waals surface area contributed by atoms with Gasteiger partial charge in [0.25, 0.3) is 0 Å². The van der Waals surface area contributed by atoms with E-state index in [1.54, 1.807) is 7.05 Å². The molecule has 0 aromatic heterocycles. The number of rotatable bonds is 3. The van der Waals surface area contributed by atoms with Gasteiger partial charge in [-0.3, -0.25) is 9.59 Å². The number of amides is 2.